The van der Waals surface area contributed by atoms with Crippen LogP contribution in [-0.2, 0) is 12.0 Å². The van der Waals surface area contributed by atoms with Crippen molar-refractivity contribution >= 4 is 22.5 Å². The normalized spacial score (nSPS) is 14.8. The summed E-state index contributed by atoms with van der Waals surface area (Å²) in [7, 11) is 0. The van der Waals surface area contributed by atoms with Gasteiger partial charge in [-0.05, 0) is 47.9 Å². The number of fused-ring (bicyclic) bond motifs is 1. The number of aromatic nitrogens is 1. The van der Waals surface area contributed by atoms with Gasteiger partial charge in [0.1, 0.15) is 0 Å². The molecule has 5 nitrogen and oxygen atoms in total. The highest BCUT2D eigenvalue weighted by atomic mass is 16.3. The highest BCUT2D eigenvalue weighted by molar-refractivity contribution is 5.97. The summed E-state index contributed by atoms with van der Waals surface area (Å²) >= 11 is 0. The van der Waals surface area contributed by atoms with Gasteiger partial charge < -0.3 is 9.67 Å². The van der Waals surface area contributed by atoms with Crippen LogP contribution in [0.1, 0.15) is 49.5 Å². The molecule has 2 aromatic carbocycles. The van der Waals surface area contributed by atoms with Crippen LogP contribution in [0.25, 0.3) is 10.9 Å². The van der Waals surface area contributed by atoms with E-state index in [4.69, 9.17) is 0 Å². The van der Waals surface area contributed by atoms with E-state index in [-0.39, 0.29) is 11.3 Å². The Bertz CT molecular complexity index is 1070. The van der Waals surface area contributed by atoms with Gasteiger partial charge in [-0.2, -0.15) is 0 Å². The Hall–Kier alpha value is -2.95. The fraction of sp³-hybridized carbons (Fsp3) is 0.348. The first-order valence-electron chi connectivity index (χ1n) is 9.71. The van der Waals surface area contributed by atoms with E-state index in [9.17, 15) is 9.90 Å². The minimum atomic E-state index is -0.412. The molecule has 1 N–H and O–H groups in total. The van der Waals surface area contributed by atoms with E-state index in [1.165, 1.54) is 12.8 Å². The molecule has 144 valence electrons. The van der Waals surface area contributed by atoms with Crippen molar-refractivity contribution in [2.45, 2.75) is 45.6 Å². The van der Waals surface area contributed by atoms with Crippen LogP contribution in [0.5, 0.6) is 5.88 Å². The zero-order valence-corrected chi connectivity index (χ0v) is 16.5. The van der Waals surface area contributed by atoms with Crippen LogP contribution < -0.4 is 0 Å². The van der Waals surface area contributed by atoms with Crippen molar-refractivity contribution in [2.75, 3.05) is 0 Å². The number of rotatable bonds is 4. The number of amides is 1. The van der Waals surface area contributed by atoms with Crippen molar-refractivity contribution in [2.24, 2.45) is 16.1 Å². The van der Waals surface area contributed by atoms with E-state index >= 15 is 0 Å². The van der Waals surface area contributed by atoms with Gasteiger partial charge >= 0.3 is 0 Å². The number of carbonyl (C=O) groups is 1. The third kappa shape index (κ3) is 3.57. The van der Waals surface area contributed by atoms with Gasteiger partial charge in [0.2, 0.25) is 5.88 Å². The Kier molecular flexibility index (Phi) is 4.53. The largest absolute Gasteiger partial charge is 0.493 e. The highest BCUT2D eigenvalue weighted by Gasteiger charge is 2.26. The number of azo groups is 1. The van der Waals surface area contributed by atoms with Gasteiger partial charge in [-0.1, -0.05) is 51.1 Å². The number of nitrogens with zero attached hydrogens (tertiary/aromatic N) is 3. The van der Waals surface area contributed by atoms with Crippen molar-refractivity contribution in [1.29, 1.82) is 0 Å². The lowest BCUT2D eigenvalue weighted by Crippen LogP contribution is -2.11. The Morgan fingerprint density at radius 3 is 2.61 bits per heavy atom. The van der Waals surface area contributed by atoms with Gasteiger partial charge in [-0.25, -0.2) is 0 Å². The number of para-hydroxylation sites is 1. The van der Waals surface area contributed by atoms with Gasteiger partial charge in [-0.15, -0.1) is 10.2 Å². The van der Waals surface area contributed by atoms with Gasteiger partial charge in [0.05, 0.1) is 5.52 Å². The fourth-order valence-electron chi connectivity index (χ4n) is 3.39. The highest BCUT2D eigenvalue weighted by Crippen LogP contribution is 2.42. The smallest absolute Gasteiger partial charge is 0.295 e. The number of benzene rings is 2. The van der Waals surface area contributed by atoms with Crippen LogP contribution in [0.15, 0.2) is 58.8 Å². The first-order chi connectivity index (χ1) is 13.3. The lowest BCUT2D eigenvalue weighted by Gasteiger charge is -2.19. The van der Waals surface area contributed by atoms with Crippen LogP contribution in [0.3, 0.4) is 0 Å². The first kappa shape index (κ1) is 18.4. The number of hydrogen-bond acceptors (Lipinski definition) is 3. The SMILES string of the molecule is CC(C)(C)c1cccc(C(=O)N=Nc2c(O)n(CC3CC3)c3ccccc23)c1. The predicted molar refractivity (Wildman–Crippen MR) is 110 cm³/mol. The molecule has 0 radical (unpaired) electrons. The lowest BCUT2D eigenvalue weighted by molar-refractivity contribution is 0.0995. The minimum absolute atomic E-state index is 0.0536. The Morgan fingerprint density at radius 1 is 1.14 bits per heavy atom. The first-order valence-corrected chi connectivity index (χ1v) is 9.71. The summed E-state index contributed by atoms with van der Waals surface area (Å²) in [6, 6.07) is 15.2. The summed E-state index contributed by atoms with van der Waals surface area (Å²) in [6.07, 6.45) is 2.37. The second-order valence-electron chi connectivity index (χ2n) is 8.58. The van der Waals surface area contributed by atoms with E-state index in [1.807, 2.05) is 47.0 Å². The average Bonchev–Trinajstić information content (AvgIpc) is 3.45. The van der Waals surface area contributed by atoms with E-state index in [0.717, 1.165) is 23.0 Å². The molecule has 0 spiro atoms. The van der Waals surface area contributed by atoms with Crippen LogP contribution in [0.4, 0.5) is 5.69 Å². The zero-order chi connectivity index (χ0) is 19.9. The van der Waals surface area contributed by atoms with E-state index in [1.54, 1.807) is 6.07 Å². The van der Waals surface area contributed by atoms with E-state index in [0.29, 0.717) is 17.2 Å². The van der Waals surface area contributed by atoms with Crippen molar-refractivity contribution < 1.29 is 9.90 Å². The van der Waals surface area contributed by atoms with Crippen molar-refractivity contribution in [3.8, 4) is 5.88 Å². The second-order valence-corrected chi connectivity index (χ2v) is 8.58. The Balaban J connectivity index is 1.67. The summed E-state index contributed by atoms with van der Waals surface area (Å²) in [4.78, 5) is 12.6. The molecule has 28 heavy (non-hydrogen) atoms. The summed E-state index contributed by atoms with van der Waals surface area (Å²) in [6.45, 7) is 7.07. The third-order valence-corrected chi connectivity index (χ3v) is 5.27. The fourth-order valence-corrected chi connectivity index (χ4v) is 3.39. The molecule has 1 amide bonds. The predicted octanol–water partition coefficient (Wildman–Crippen LogP) is 5.98. The van der Waals surface area contributed by atoms with Crippen LogP contribution in [0.2, 0.25) is 0 Å². The zero-order valence-electron chi connectivity index (χ0n) is 16.5. The summed E-state index contributed by atoms with van der Waals surface area (Å²) in [5, 5.41) is 19.6. The molecule has 3 aromatic rings. The molecule has 0 bridgehead atoms. The standard InChI is InChI=1S/C23H25N3O2/c1-23(2,3)17-8-6-7-16(13-17)21(27)25-24-20-18-9-4-5-10-19(18)26(22(20)28)14-15-11-12-15/h4-10,13,15,28H,11-12,14H2,1-3H3. The lowest BCUT2D eigenvalue weighted by atomic mass is 9.86. The number of carbonyl (C=O) groups excluding carboxylic acids is 1. The maximum atomic E-state index is 12.6. The summed E-state index contributed by atoms with van der Waals surface area (Å²) in [5.74, 6) is 0.269. The molecule has 1 saturated carbocycles. The van der Waals surface area contributed by atoms with Gasteiger partial charge in [0, 0.05) is 17.5 Å². The maximum Gasteiger partial charge on any atom is 0.295 e. The topological polar surface area (TPSA) is 66.9 Å². The quantitative estimate of drug-likeness (QED) is 0.570. The molecule has 0 unspecified atom stereocenters. The van der Waals surface area contributed by atoms with Crippen molar-refractivity contribution in [3.63, 3.8) is 0 Å². The third-order valence-electron chi connectivity index (χ3n) is 5.27. The van der Waals surface area contributed by atoms with Crippen molar-refractivity contribution in [1.82, 2.24) is 4.57 Å². The van der Waals surface area contributed by atoms with Crippen LogP contribution in [0, 0.1) is 5.92 Å². The molecular weight excluding hydrogens is 350 g/mol. The second kappa shape index (κ2) is 6.89. The van der Waals surface area contributed by atoms with Gasteiger partial charge in [0.15, 0.2) is 5.69 Å². The Labute approximate surface area is 164 Å². The average molecular weight is 375 g/mol. The molecule has 0 saturated heterocycles. The Morgan fingerprint density at radius 2 is 1.89 bits per heavy atom. The molecule has 1 heterocycles. The molecule has 5 heteroatoms. The van der Waals surface area contributed by atoms with E-state index < -0.39 is 5.91 Å². The monoisotopic (exact) mass is 375 g/mol. The maximum absolute atomic E-state index is 12.6. The van der Waals surface area contributed by atoms with Gasteiger partial charge in [0.25, 0.3) is 5.91 Å². The molecular formula is C23H25N3O2. The summed E-state index contributed by atoms with van der Waals surface area (Å²) < 4.78 is 1.88. The number of hydrogen-bond donors (Lipinski definition) is 1. The molecule has 1 aromatic heterocycles. The summed E-state index contributed by atoms with van der Waals surface area (Å²) in [5.41, 5.74) is 2.79. The molecule has 0 aliphatic heterocycles. The van der Waals surface area contributed by atoms with E-state index in [2.05, 4.69) is 31.0 Å². The molecule has 1 fully saturated rings. The number of aromatic hydroxyl groups is 1. The van der Waals surface area contributed by atoms with Crippen LogP contribution >= 0.6 is 0 Å². The van der Waals surface area contributed by atoms with Crippen LogP contribution in [-0.4, -0.2) is 15.6 Å². The molecule has 1 aliphatic rings. The van der Waals surface area contributed by atoms with Crippen molar-refractivity contribution in [3.05, 3.63) is 59.7 Å². The molecule has 0 atom stereocenters. The molecule has 4 rings (SSSR count). The van der Waals surface area contributed by atoms with Gasteiger partial charge in [-0.3, -0.25) is 4.79 Å². The minimum Gasteiger partial charge on any atom is -0.493 e. The molecule has 1 aliphatic carbocycles.